The first-order valence-corrected chi connectivity index (χ1v) is 5.70. The number of aromatic nitrogens is 2. The first kappa shape index (κ1) is 15.3. The minimum atomic E-state index is -1.20. The fourth-order valence-corrected chi connectivity index (χ4v) is 1.36. The second-order valence-corrected chi connectivity index (χ2v) is 4.21. The van der Waals surface area contributed by atoms with Crippen molar-refractivity contribution in [3.8, 4) is 0 Å². The van der Waals surface area contributed by atoms with Crippen LogP contribution in [-0.4, -0.2) is 34.0 Å². The standard InChI is InChI=1S/C11H15N5O4/c1-5(2)7(9(17)16-11(13)19)20-10(18)6-8(12)15-4-3-14-6/h3-5,7H,1-2H3,(H2,12,15)(H3,13,16,17,19)/t7-/m1/s1. The maximum absolute atomic E-state index is 11.9. The second-order valence-electron chi connectivity index (χ2n) is 4.21. The van der Waals surface area contributed by atoms with Crippen LogP contribution in [0.2, 0.25) is 0 Å². The van der Waals surface area contributed by atoms with Crippen molar-refractivity contribution >= 4 is 23.7 Å². The van der Waals surface area contributed by atoms with Gasteiger partial charge in [-0.1, -0.05) is 13.8 Å². The number of ether oxygens (including phenoxy) is 1. The highest BCUT2D eigenvalue weighted by atomic mass is 16.5. The van der Waals surface area contributed by atoms with Crippen molar-refractivity contribution in [3.05, 3.63) is 18.1 Å². The van der Waals surface area contributed by atoms with Crippen LogP contribution >= 0.6 is 0 Å². The molecule has 0 spiro atoms. The van der Waals surface area contributed by atoms with Gasteiger partial charge >= 0.3 is 12.0 Å². The summed E-state index contributed by atoms with van der Waals surface area (Å²) in [5.41, 5.74) is 10.1. The number of nitrogen functional groups attached to an aromatic ring is 1. The molecule has 0 unspecified atom stereocenters. The molecular weight excluding hydrogens is 266 g/mol. The zero-order valence-corrected chi connectivity index (χ0v) is 11.0. The van der Waals surface area contributed by atoms with Gasteiger partial charge in [0.15, 0.2) is 17.6 Å². The Balaban J connectivity index is 2.86. The molecule has 1 aromatic rings. The third-order valence-corrected chi connectivity index (χ3v) is 2.26. The molecule has 0 bridgehead atoms. The van der Waals surface area contributed by atoms with Gasteiger partial charge in [-0.25, -0.2) is 19.6 Å². The fraction of sp³-hybridized carbons (Fsp3) is 0.364. The molecule has 9 heteroatoms. The molecule has 3 amide bonds. The number of rotatable bonds is 4. The van der Waals surface area contributed by atoms with Crippen LogP contribution in [0.15, 0.2) is 12.4 Å². The maximum Gasteiger partial charge on any atom is 0.361 e. The second kappa shape index (κ2) is 6.45. The smallest absolute Gasteiger partial charge is 0.361 e. The molecule has 5 N–H and O–H groups in total. The fourth-order valence-electron chi connectivity index (χ4n) is 1.36. The Kier molecular flexibility index (Phi) is 4.95. The zero-order valence-electron chi connectivity index (χ0n) is 11.0. The predicted molar refractivity (Wildman–Crippen MR) is 68.2 cm³/mol. The van der Waals surface area contributed by atoms with E-state index >= 15 is 0 Å². The number of hydrogen-bond donors (Lipinski definition) is 3. The number of imide groups is 1. The number of amides is 3. The molecule has 0 aliphatic carbocycles. The summed E-state index contributed by atoms with van der Waals surface area (Å²) in [6.45, 7) is 3.27. The monoisotopic (exact) mass is 281 g/mol. The summed E-state index contributed by atoms with van der Waals surface area (Å²) in [4.78, 5) is 41.6. The van der Waals surface area contributed by atoms with Gasteiger partial charge in [-0.2, -0.15) is 0 Å². The number of nitrogens with zero attached hydrogens (tertiary/aromatic N) is 2. The SMILES string of the molecule is CC(C)[C@@H](OC(=O)c1nccnc1N)C(=O)NC(N)=O. The maximum atomic E-state index is 11.9. The Hall–Kier alpha value is -2.71. The Labute approximate surface area is 114 Å². The molecule has 0 aliphatic heterocycles. The van der Waals surface area contributed by atoms with E-state index in [1.807, 2.05) is 5.32 Å². The van der Waals surface area contributed by atoms with E-state index in [1.165, 1.54) is 12.4 Å². The number of hydrogen-bond acceptors (Lipinski definition) is 7. The van der Waals surface area contributed by atoms with Crippen LogP contribution in [0.1, 0.15) is 24.3 Å². The predicted octanol–water partition coefficient (Wildman–Crippen LogP) is -0.565. The van der Waals surface area contributed by atoms with Gasteiger partial charge in [0, 0.05) is 12.4 Å². The zero-order chi connectivity index (χ0) is 15.3. The van der Waals surface area contributed by atoms with Crippen LogP contribution in [0.5, 0.6) is 0 Å². The Morgan fingerprint density at radius 1 is 1.25 bits per heavy atom. The van der Waals surface area contributed by atoms with E-state index in [4.69, 9.17) is 16.2 Å². The lowest BCUT2D eigenvalue weighted by atomic mass is 10.1. The average molecular weight is 281 g/mol. The average Bonchev–Trinajstić information content (AvgIpc) is 2.34. The number of nitrogens with two attached hydrogens (primary N) is 2. The van der Waals surface area contributed by atoms with Gasteiger partial charge in [0.25, 0.3) is 5.91 Å². The number of anilines is 1. The number of carbonyl (C=O) groups excluding carboxylic acids is 3. The van der Waals surface area contributed by atoms with Gasteiger partial charge in [-0.15, -0.1) is 0 Å². The summed E-state index contributed by atoms with van der Waals surface area (Å²) in [6, 6.07) is -1.03. The molecule has 1 rings (SSSR count). The van der Waals surface area contributed by atoms with Gasteiger partial charge in [0.2, 0.25) is 0 Å². The summed E-state index contributed by atoms with van der Waals surface area (Å²) in [5, 5.41) is 1.85. The highest BCUT2D eigenvalue weighted by Gasteiger charge is 2.29. The van der Waals surface area contributed by atoms with Gasteiger partial charge in [-0.3, -0.25) is 10.1 Å². The van der Waals surface area contributed by atoms with Gasteiger partial charge in [0.1, 0.15) is 0 Å². The lowest BCUT2D eigenvalue weighted by Gasteiger charge is -2.19. The Morgan fingerprint density at radius 2 is 1.85 bits per heavy atom. The highest BCUT2D eigenvalue weighted by molar-refractivity contribution is 5.98. The number of carbonyl (C=O) groups is 3. The summed E-state index contributed by atoms with van der Waals surface area (Å²) in [6.07, 6.45) is 1.38. The van der Waals surface area contributed by atoms with Crippen LogP contribution in [0.25, 0.3) is 0 Å². The molecule has 0 saturated heterocycles. The van der Waals surface area contributed by atoms with E-state index in [9.17, 15) is 14.4 Å². The number of esters is 1. The molecule has 0 saturated carbocycles. The van der Waals surface area contributed by atoms with Crippen molar-refractivity contribution in [1.29, 1.82) is 0 Å². The van der Waals surface area contributed by atoms with Gasteiger partial charge in [0.05, 0.1) is 0 Å². The molecule has 0 aromatic carbocycles. The molecule has 0 fully saturated rings. The van der Waals surface area contributed by atoms with Crippen molar-refractivity contribution < 1.29 is 19.1 Å². The molecule has 1 heterocycles. The van der Waals surface area contributed by atoms with E-state index in [-0.39, 0.29) is 17.4 Å². The first-order valence-electron chi connectivity index (χ1n) is 5.70. The number of nitrogens with one attached hydrogen (secondary N) is 1. The number of primary amides is 1. The molecule has 108 valence electrons. The van der Waals surface area contributed by atoms with E-state index in [0.29, 0.717) is 0 Å². The van der Waals surface area contributed by atoms with Gasteiger partial charge in [-0.05, 0) is 5.92 Å². The summed E-state index contributed by atoms with van der Waals surface area (Å²) < 4.78 is 5.00. The molecule has 20 heavy (non-hydrogen) atoms. The Bertz CT molecular complexity index is 531. The van der Waals surface area contributed by atoms with Crippen molar-refractivity contribution in [2.24, 2.45) is 11.7 Å². The summed E-state index contributed by atoms with van der Waals surface area (Å²) in [7, 11) is 0. The molecule has 0 radical (unpaired) electrons. The Morgan fingerprint density at radius 3 is 2.35 bits per heavy atom. The van der Waals surface area contributed by atoms with Crippen molar-refractivity contribution in [1.82, 2.24) is 15.3 Å². The molecule has 1 aromatic heterocycles. The molecule has 1 atom stereocenters. The molecule has 0 aliphatic rings. The van der Waals surface area contributed by atoms with Crippen molar-refractivity contribution in [2.75, 3.05) is 5.73 Å². The lowest BCUT2D eigenvalue weighted by molar-refractivity contribution is -0.130. The summed E-state index contributed by atoms with van der Waals surface area (Å²) in [5.74, 6) is -2.22. The van der Waals surface area contributed by atoms with Gasteiger partial charge < -0.3 is 16.2 Å². The highest BCUT2D eigenvalue weighted by Crippen LogP contribution is 2.12. The topological polar surface area (TPSA) is 150 Å². The van der Waals surface area contributed by atoms with Crippen LogP contribution < -0.4 is 16.8 Å². The summed E-state index contributed by atoms with van der Waals surface area (Å²) >= 11 is 0. The lowest BCUT2D eigenvalue weighted by Crippen LogP contribution is -2.45. The third-order valence-electron chi connectivity index (χ3n) is 2.26. The molecular formula is C11H15N5O4. The normalized spacial score (nSPS) is 11.8. The van der Waals surface area contributed by atoms with Crippen molar-refractivity contribution in [2.45, 2.75) is 20.0 Å². The minimum Gasteiger partial charge on any atom is -0.447 e. The van der Waals surface area contributed by atoms with Crippen molar-refractivity contribution in [3.63, 3.8) is 0 Å². The third kappa shape index (κ3) is 3.90. The van der Waals surface area contributed by atoms with E-state index in [2.05, 4.69) is 9.97 Å². The van der Waals surface area contributed by atoms with E-state index in [0.717, 1.165) is 0 Å². The number of urea groups is 1. The van der Waals surface area contributed by atoms with Crippen LogP contribution in [0, 0.1) is 5.92 Å². The van der Waals surface area contributed by atoms with E-state index in [1.54, 1.807) is 13.8 Å². The van der Waals surface area contributed by atoms with E-state index < -0.39 is 24.0 Å². The van der Waals surface area contributed by atoms with Crippen LogP contribution in [0.3, 0.4) is 0 Å². The largest absolute Gasteiger partial charge is 0.447 e. The molecule has 9 nitrogen and oxygen atoms in total. The van der Waals surface area contributed by atoms with Crippen LogP contribution in [0.4, 0.5) is 10.6 Å². The minimum absolute atomic E-state index is 0.115. The van der Waals surface area contributed by atoms with Crippen LogP contribution in [-0.2, 0) is 9.53 Å². The first-order chi connectivity index (χ1) is 9.32. The quantitative estimate of drug-likeness (QED) is 0.625.